The predicted octanol–water partition coefficient (Wildman–Crippen LogP) is 8.46. The zero-order valence-electron chi connectivity index (χ0n) is 62.4. The fraction of sp³-hybridized carbons (Fsp3) is 0.260. The number of nitrogen functional groups attached to an aromatic ring is 2. The van der Waals surface area contributed by atoms with Crippen molar-refractivity contribution in [1.29, 1.82) is 0 Å². The third-order valence-electron chi connectivity index (χ3n) is 17.7. The predicted molar refractivity (Wildman–Crippen MR) is 401 cm³/mol. The van der Waals surface area contributed by atoms with Crippen molar-refractivity contribution in [3.8, 4) is 44.5 Å². The van der Waals surface area contributed by atoms with Gasteiger partial charge in [0.15, 0.2) is 0 Å². The number of rotatable bonds is 14. The summed E-state index contributed by atoms with van der Waals surface area (Å²) < 4.78 is 93.6. The van der Waals surface area contributed by atoms with Gasteiger partial charge in [-0.05, 0) is 166 Å². The van der Waals surface area contributed by atoms with E-state index in [-0.39, 0.29) is 164 Å². The Kier molecular flexibility index (Phi) is 50.1. The molecule has 0 radical (unpaired) electrons. The first kappa shape index (κ1) is 101. The number of carboxylic acids is 1. The summed E-state index contributed by atoms with van der Waals surface area (Å²) in [6.07, 6.45) is 4.46. The Morgan fingerprint density at radius 1 is 0.490 bits per heavy atom. The summed E-state index contributed by atoms with van der Waals surface area (Å²) in [6, 6.07) is 45.5. The number of hydrogen-bond acceptors (Lipinski definition) is 11. The summed E-state index contributed by atoms with van der Waals surface area (Å²) in [6.45, 7) is 0.415. The van der Waals surface area contributed by atoms with Gasteiger partial charge in [-0.1, -0.05) is 60.7 Å². The fourth-order valence-corrected chi connectivity index (χ4v) is 12.2. The number of pyridine rings is 2. The first-order valence-electron chi connectivity index (χ1n) is 35.7. The number of nitrogens with two attached hydrogens (primary N) is 3. The molecule has 0 spiro atoms. The number of anilines is 2. The van der Waals surface area contributed by atoms with Crippen LogP contribution in [0.3, 0.4) is 0 Å². The number of ketones is 1. The summed E-state index contributed by atoms with van der Waals surface area (Å²) in [7, 11) is 0. The molecule has 2 saturated heterocycles. The molecule has 104 heavy (non-hydrogen) atoms. The Bertz CT molecular complexity index is 4430. The molecule has 7 N–H and O–H groups in total. The standard InChI is InChI=1S/C37H32F3N3O3.C27H23F3N2O2.C9H10N2O2.11K.H/c38-28-8-5-23(6-9-28)31-19-26(22-1-3-24(4-2-22)36(45)43-15-13-37(39,40)14-16-43)17-27-18-29(46-35(27)31)10-11-33(44)32-20-30(32)25-7-12-34(41)42-21-25;28-22-7-5-18(6-8-22)24-15-20(13-21-14-23(16-31)34-25(21)24)17-1-3-19(4-2-17)26(33)32-11-9-27(29,30)10-12-32;10-8-2-1-5(4-11-8)6-3-7(6)9(12)13;;;;;;;;;;;;/h1-9,12,17-19,21,30,32H,10-11,13-16,20H2,(H2,41,42);1-8,13-15H,9-12,16,31H2;1-2,4,6-7H,3H2,(H2,10,11)(H,12,13);;;;;;;;;;;;/q;;;;;;;;;;;;;+1;-1/t30-,32+;;6-,7+;;;;;;;;;;;;/m1.1............/s1. The average molecular weight is 1700 g/mol. The van der Waals surface area contributed by atoms with Crippen molar-refractivity contribution in [1.82, 2.24) is 19.8 Å². The Morgan fingerprint density at radius 3 is 1.20 bits per heavy atom. The van der Waals surface area contributed by atoms with E-state index in [1.165, 1.54) is 350 Å². The number of hydrogen-bond donors (Lipinski definition) is 4. The number of carbonyl (C=O) groups is 4. The van der Waals surface area contributed by atoms with Gasteiger partial charge >= 0.3 is 373 Å². The van der Waals surface area contributed by atoms with Crippen LogP contribution in [0, 0.1) is 23.5 Å². The van der Waals surface area contributed by atoms with Crippen LogP contribution in [-0.2, 0) is 22.6 Å². The van der Waals surface area contributed by atoms with Crippen LogP contribution in [0.4, 0.5) is 38.0 Å². The number of benzene rings is 6. The molecule has 4 fully saturated rings. The van der Waals surface area contributed by atoms with Gasteiger partial charge in [-0.15, -0.1) is 0 Å². The molecular weight excluding hydrogens is 1630 g/mol. The molecule has 2 saturated carbocycles. The van der Waals surface area contributed by atoms with Gasteiger partial charge in [0.25, 0.3) is 23.7 Å². The van der Waals surface area contributed by atoms with Crippen LogP contribution in [0.1, 0.15) is 102 Å². The number of nitrogens with zero attached hydrogens (tertiary/aromatic N) is 4. The SMILES string of the molecule is NCc1cc2cc(-c3ccc(C(=O)N4CCC(F)(F)CC4)cc3)cc(-c3ccc(F)cc3)c2o1.Nc1ccc([C@H]2C[C@@H]2C(=O)CCc2cc3cc(-c4ccc(C(=O)N5CCC(F)(F)CC5)cc4)cc(-c4ccc(F)cc4)c3o2)cn1.Nc1ccc([C@H]2C[C@@H]2C(=O)O)cn1.[H-].[K+].[K][K].[K][K].[K][K].[K][K].[K][K]. The summed E-state index contributed by atoms with van der Waals surface area (Å²) in [5.74, 6) is -4.80. The quantitative estimate of drug-likeness (QED) is 0.0595. The molecule has 6 heterocycles. The van der Waals surface area contributed by atoms with Crippen molar-refractivity contribution in [2.45, 2.75) is 81.6 Å². The molecule has 2 amide bonds. The number of aryl methyl sites for hydroxylation is 1. The van der Waals surface area contributed by atoms with Gasteiger partial charge in [0.05, 0.1) is 12.5 Å². The Balaban J connectivity index is 0.000000294. The second-order valence-electron chi connectivity index (χ2n) is 24.2. The minimum absolute atomic E-state index is 0. The molecule has 2 aliphatic carbocycles. The normalized spacial score (nSPS) is 17.0. The monoisotopic (exact) mass is 1700 g/mol. The third kappa shape index (κ3) is 30.5. The molecule has 14 nitrogen and oxygen atoms in total. The second-order valence-corrected chi connectivity index (χ2v) is 24.2. The summed E-state index contributed by atoms with van der Waals surface area (Å²) in [5.41, 5.74) is 27.7. The number of aromatic nitrogens is 2. The number of aliphatic carboxylic acids is 1. The van der Waals surface area contributed by atoms with E-state index in [4.69, 9.17) is 31.1 Å². The van der Waals surface area contributed by atoms with Crippen molar-refractivity contribution in [2.24, 2.45) is 17.6 Å². The number of piperidine rings is 2. The van der Waals surface area contributed by atoms with Crippen LogP contribution in [0.15, 0.2) is 179 Å². The van der Waals surface area contributed by atoms with Gasteiger partial charge in [0.2, 0.25) is 0 Å². The van der Waals surface area contributed by atoms with Crippen LogP contribution >= 0.6 is 0 Å². The van der Waals surface area contributed by atoms with E-state index in [1.54, 1.807) is 73.1 Å². The van der Waals surface area contributed by atoms with Crippen molar-refractivity contribution >= 4 is 373 Å². The number of alkyl halides is 4. The maximum absolute atomic E-state index is 13.8. The Hall–Kier alpha value is 7.92. The molecule has 488 valence electrons. The molecule has 0 unspecified atom stereocenters. The van der Waals surface area contributed by atoms with E-state index in [0.29, 0.717) is 58.3 Å². The Labute approximate surface area is 872 Å². The molecular formula is C73H66F6K11N7O7. The average Bonchev–Trinajstić information content (AvgIpc) is 1.71. The van der Waals surface area contributed by atoms with E-state index < -0.39 is 17.8 Å². The molecule has 10 aromatic rings. The molecule has 4 aliphatic rings. The molecule has 14 rings (SSSR count). The molecule has 4 atom stereocenters. The van der Waals surface area contributed by atoms with Gasteiger partial charge in [-0.25, -0.2) is 36.3 Å². The number of amides is 2. The van der Waals surface area contributed by atoms with Gasteiger partial charge in [0, 0.05) is 116 Å². The van der Waals surface area contributed by atoms with Gasteiger partial charge < -0.3 is 42.4 Å². The van der Waals surface area contributed by atoms with Gasteiger partial charge in [-0.3, -0.25) is 19.2 Å². The third-order valence-corrected chi connectivity index (χ3v) is 17.7. The molecule has 2 aliphatic heterocycles. The fourth-order valence-electron chi connectivity index (χ4n) is 12.2. The Morgan fingerprint density at radius 2 is 0.846 bits per heavy atom. The van der Waals surface area contributed by atoms with E-state index in [0.717, 1.165) is 79.2 Å². The van der Waals surface area contributed by atoms with Gasteiger partial charge in [-0.2, -0.15) is 0 Å². The van der Waals surface area contributed by atoms with Crippen molar-refractivity contribution in [3.05, 3.63) is 216 Å². The van der Waals surface area contributed by atoms with E-state index in [2.05, 4.69) is 9.97 Å². The van der Waals surface area contributed by atoms with Crippen molar-refractivity contribution < 1.29 is 112 Å². The van der Waals surface area contributed by atoms with E-state index in [1.807, 2.05) is 72.8 Å². The molecule has 0 bridgehead atoms. The van der Waals surface area contributed by atoms with Crippen LogP contribution in [0.25, 0.3) is 66.4 Å². The first-order chi connectivity index (χ1) is 49.6. The molecule has 4 aromatic heterocycles. The van der Waals surface area contributed by atoms with Crippen LogP contribution < -0.4 is 68.6 Å². The minimum atomic E-state index is -2.72. The number of carboxylic acid groups (broad SMARTS) is 1. The van der Waals surface area contributed by atoms with Gasteiger partial charge in [0.1, 0.15) is 51.7 Å². The zero-order valence-corrected chi connectivity index (χ0v) is 95.7. The number of halogens is 6. The number of furan rings is 2. The number of carbonyl (C=O) groups excluding carboxylic acids is 3. The topological polar surface area (TPSA) is 225 Å². The maximum atomic E-state index is 13.8. The first-order valence-corrected chi connectivity index (χ1v) is 116. The second kappa shape index (κ2) is 51.8. The summed E-state index contributed by atoms with van der Waals surface area (Å²) >= 11 is 12.5. The number of likely N-dealkylation sites (tertiary alicyclic amines) is 2. The number of Topliss-reactive ketones (excluding diaryl/α,β-unsaturated/α-hetero) is 1. The summed E-state index contributed by atoms with van der Waals surface area (Å²) in [4.78, 5) is 60.3. The summed E-state index contributed by atoms with van der Waals surface area (Å²) in [5, 5.41) is 10.4. The van der Waals surface area contributed by atoms with Crippen LogP contribution in [0.2, 0.25) is 0 Å². The zero-order chi connectivity index (χ0) is 75.3. The molecule has 6 aromatic carbocycles. The number of fused-ring (bicyclic) bond motifs is 2. The van der Waals surface area contributed by atoms with E-state index >= 15 is 0 Å². The van der Waals surface area contributed by atoms with Crippen molar-refractivity contribution in [3.63, 3.8) is 0 Å². The molecule has 31 heteroatoms. The van der Waals surface area contributed by atoms with Crippen molar-refractivity contribution in [2.75, 3.05) is 37.6 Å². The van der Waals surface area contributed by atoms with Crippen LogP contribution in [-0.4, -0.2) is 402 Å². The van der Waals surface area contributed by atoms with E-state index in [9.17, 15) is 45.5 Å². The van der Waals surface area contributed by atoms with Crippen LogP contribution in [0.5, 0.6) is 0 Å².